The molecule has 0 saturated carbocycles. The van der Waals surface area contributed by atoms with E-state index in [9.17, 15) is 8.42 Å². The summed E-state index contributed by atoms with van der Waals surface area (Å²) < 4.78 is 28.8. The largest absolute Gasteiger partial charge is 0.334 e. The van der Waals surface area contributed by atoms with E-state index in [2.05, 4.69) is 19.9 Å². The van der Waals surface area contributed by atoms with Gasteiger partial charge in [0.2, 0.25) is 0 Å². The zero-order valence-electron chi connectivity index (χ0n) is 12.8. The lowest BCUT2D eigenvalue weighted by Crippen LogP contribution is -2.44. The zero-order chi connectivity index (χ0) is 15.3. The molecule has 21 heavy (non-hydrogen) atoms. The molecule has 8 heteroatoms. The summed E-state index contributed by atoms with van der Waals surface area (Å²) in [6, 6.07) is 0. The van der Waals surface area contributed by atoms with Crippen molar-refractivity contribution in [2.24, 2.45) is 0 Å². The van der Waals surface area contributed by atoms with Crippen molar-refractivity contribution in [3.05, 3.63) is 12.0 Å². The van der Waals surface area contributed by atoms with Crippen LogP contribution in [0.3, 0.4) is 0 Å². The van der Waals surface area contributed by atoms with Crippen LogP contribution in [0.2, 0.25) is 0 Å². The van der Waals surface area contributed by atoms with E-state index < -0.39 is 10.0 Å². The molecule has 0 amide bonds. The van der Waals surface area contributed by atoms with Crippen molar-refractivity contribution in [2.45, 2.75) is 31.8 Å². The molecule has 0 bridgehead atoms. The molecule has 0 atom stereocenters. The second-order valence-corrected chi connectivity index (χ2v) is 6.97. The molecule has 0 radical (unpaired) electrons. The van der Waals surface area contributed by atoms with Crippen molar-refractivity contribution < 1.29 is 8.42 Å². The molecular weight excluding hydrogens is 290 g/mol. The van der Waals surface area contributed by atoms with Crippen molar-refractivity contribution >= 4 is 10.0 Å². The minimum atomic E-state index is -3.49. The maximum atomic E-state index is 12.2. The maximum Gasteiger partial charge on any atom is 0.259 e. The van der Waals surface area contributed by atoms with Gasteiger partial charge in [-0.1, -0.05) is 0 Å². The van der Waals surface area contributed by atoms with Gasteiger partial charge in [-0.05, 0) is 26.8 Å². The fourth-order valence-corrected chi connectivity index (χ4v) is 3.53. The highest BCUT2D eigenvalue weighted by Gasteiger charge is 2.18. The summed E-state index contributed by atoms with van der Waals surface area (Å²) in [6.45, 7) is 9.96. The Morgan fingerprint density at radius 1 is 1.38 bits per heavy atom. The van der Waals surface area contributed by atoms with Crippen LogP contribution in [0.15, 0.2) is 11.2 Å². The molecule has 1 aliphatic heterocycles. The maximum absolute atomic E-state index is 12.2. The molecule has 7 nitrogen and oxygen atoms in total. The van der Waals surface area contributed by atoms with E-state index in [0.717, 1.165) is 51.5 Å². The average molecular weight is 315 g/mol. The zero-order valence-corrected chi connectivity index (χ0v) is 13.6. The van der Waals surface area contributed by atoms with Crippen molar-refractivity contribution in [3.63, 3.8) is 0 Å². The predicted octanol–water partition coefficient (Wildman–Crippen LogP) is -0.215. The van der Waals surface area contributed by atoms with E-state index in [1.54, 1.807) is 6.20 Å². The minimum Gasteiger partial charge on any atom is -0.334 e. The minimum absolute atomic E-state index is 0.115. The number of nitrogens with one attached hydrogen (secondary N) is 2. The van der Waals surface area contributed by atoms with E-state index in [4.69, 9.17) is 0 Å². The van der Waals surface area contributed by atoms with Crippen LogP contribution in [0.5, 0.6) is 0 Å². The number of piperazine rings is 1. The second-order valence-electron chi connectivity index (χ2n) is 5.26. The number of nitrogens with zero attached hydrogens (tertiary/aromatic N) is 3. The molecule has 1 aromatic heterocycles. The van der Waals surface area contributed by atoms with Crippen LogP contribution < -0.4 is 10.0 Å². The van der Waals surface area contributed by atoms with Gasteiger partial charge in [-0.15, -0.1) is 0 Å². The third kappa shape index (κ3) is 4.50. The average Bonchev–Trinajstić information content (AvgIpc) is 2.87. The van der Waals surface area contributed by atoms with E-state index in [1.807, 2.05) is 18.4 Å². The first-order chi connectivity index (χ1) is 10.0. The molecular formula is C13H25N5O2S. The quantitative estimate of drug-likeness (QED) is 0.681. The first-order valence-corrected chi connectivity index (χ1v) is 8.98. The van der Waals surface area contributed by atoms with Crippen molar-refractivity contribution in [1.82, 2.24) is 24.5 Å². The Kier molecular flexibility index (Phi) is 5.74. The first kappa shape index (κ1) is 16.4. The topological polar surface area (TPSA) is 79.3 Å². The normalized spacial score (nSPS) is 17.2. The Morgan fingerprint density at radius 2 is 2.10 bits per heavy atom. The smallest absolute Gasteiger partial charge is 0.259 e. The predicted molar refractivity (Wildman–Crippen MR) is 81.8 cm³/mol. The lowest BCUT2D eigenvalue weighted by Gasteiger charge is -2.26. The van der Waals surface area contributed by atoms with Crippen molar-refractivity contribution in [3.8, 4) is 0 Å². The van der Waals surface area contributed by atoms with Crippen LogP contribution in [-0.2, 0) is 16.6 Å². The molecule has 120 valence electrons. The van der Waals surface area contributed by atoms with Crippen LogP contribution in [-0.4, -0.2) is 62.1 Å². The number of aromatic nitrogens is 2. The van der Waals surface area contributed by atoms with E-state index in [0.29, 0.717) is 6.54 Å². The van der Waals surface area contributed by atoms with Crippen LogP contribution in [0.1, 0.15) is 19.2 Å². The Hall–Kier alpha value is -0.960. The molecule has 2 heterocycles. The van der Waals surface area contributed by atoms with E-state index in [-0.39, 0.29) is 5.03 Å². The van der Waals surface area contributed by atoms with Gasteiger partial charge in [0.1, 0.15) is 5.82 Å². The summed E-state index contributed by atoms with van der Waals surface area (Å²) in [5, 5.41) is 3.42. The van der Waals surface area contributed by atoms with Gasteiger partial charge < -0.3 is 14.8 Å². The van der Waals surface area contributed by atoms with Crippen molar-refractivity contribution in [2.75, 3.05) is 39.3 Å². The highest BCUT2D eigenvalue weighted by Crippen LogP contribution is 2.08. The van der Waals surface area contributed by atoms with Gasteiger partial charge in [0.15, 0.2) is 5.03 Å². The van der Waals surface area contributed by atoms with Crippen LogP contribution >= 0.6 is 0 Å². The number of imidazole rings is 1. The summed E-state index contributed by atoms with van der Waals surface area (Å²) in [7, 11) is -3.49. The van der Waals surface area contributed by atoms with Crippen LogP contribution in [0.4, 0.5) is 0 Å². The number of rotatable bonds is 7. The molecule has 0 aliphatic carbocycles. The fourth-order valence-electron chi connectivity index (χ4n) is 2.45. The third-order valence-electron chi connectivity index (χ3n) is 3.72. The molecule has 1 saturated heterocycles. The number of sulfonamides is 1. The Labute approximate surface area is 126 Å². The molecule has 1 aliphatic rings. The van der Waals surface area contributed by atoms with Gasteiger partial charge in [0.05, 0.1) is 0 Å². The summed E-state index contributed by atoms with van der Waals surface area (Å²) in [4.78, 5) is 6.46. The Balaban J connectivity index is 1.80. The van der Waals surface area contributed by atoms with E-state index in [1.165, 1.54) is 0 Å². The molecule has 2 N–H and O–H groups in total. The third-order valence-corrected chi connectivity index (χ3v) is 5.05. The van der Waals surface area contributed by atoms with Gasteiger partial charge in [0.25, 0.3) is 10.0 Å². The number of hydrogen-bond donors (Lipinski definition) is 2. The standard InChI is InChI=1S/C13H25N5O2S/c1-3-18-11-13(16-12(18)2)21(19,20)15-5-4-8-17-9-6-14-7-10-17/h11,14-15H,3-10H2,1-2H3. The SMILES string of the molecule is CCn1cc(S(=O)(=O)NCCCN2CCNCC2)nc1C. The number of aryl methyl sites for hydroxylation is 2. The van der Waals surface area contributed by atoms with Gasteiger partial charge in [-0.3, -0.25) is 0 Å². The highest BCUT2D eigenvalue weighted by molar-refractivity contribution is 7.89. The summed E-state index contributed by atoms with van der Waals surface area (Å²) >= 11 is 0. The molecule has 0 spiro atoms. The first-order valence-electron chi connectivity index (χ1n) is 7.49. The van der Waals surface area contributed by atoms with Gasteiger partial charge in [0, 0.05) is 45.5 Å². The number of hydrogen-bond acceptors (Lipinski definition) is 5. The highest BCUT2D eigenvalue weighted by atomic mass is 32.2. The molecule has 2 rings (SSSR count). The lowest BCUT2D eigenvalue weighted by molar-refractivity contribution is 0.239. The Morgan fingerprint density at radius 3 is 2.71 bits per heavy atom. The van der Waals surface area contributed by atoms with Gasteiger partial charge in [-0.2, -0.15) is 0 Å². The molecule has 0 aromatic carbocycles. The summed E-state index contributed by atoms with van der Waals surface area (Å²) in [5.74, 6) is 0.721. The molecule has 0 unspecified atom stereocenters. The molecule has 1 fully saturated rings. The lowest BCUT2D eigenvalue weighted by atomic mass is 10.3. The molecule has 1 aromatic rings. The van der Waals surface area contributed by atoms with Crippen LogP contribution in [0.25, 0.3) is 0 Å². The van der Waals surface area contributed by atoms with Gasteiger partial charge in [-0.25, -0.2) is 18.1 Å². The summed E-state index contributed by atoms with van der Waals surface area (Å²) in [5.41, 5.74) is 0. The van der Waals surface area contributed by atoms with E-state index >= 15 is 0 Å². The van der Waals surface area contributed by atoms with Gasteiger partial charge >= 0.3 is 0 Å². The monoisotopic (exact) mass is 315 g/mol. The Bertz CT molecular complexity index is 549. The fraction of sp³-hybridized carbons (Fsp3) is 0.769. The van der Waals surface area contributed by atoms with Crippen LogP contribution in [0, 0.1) is 6.92 Å². The summed E-state index contributed by atoms with van der Waals surface area (Å²) in [6.07, 6.45) is 2.40. The second kappa shape index (κ2) is 7.35. The van der Waals surface area contributed by atoms with Crippen molar-refractivity contribution in [1.29, 1.82) is 0 Å².